The van der Waals surface area contributed by atoms with Gasteiger partial charge in [-0.25, -0.2) is 8.42 Å². The maximum absolute atomic E-state index is 13.3. The predicted molar refractivity (Wildman–Crippen MR) is 124 cm³/mol. The number of benzene rings is 3. The van der Waals surface area contributed by atoms with Crippen molar-refractivity contribution in [2.24, 2.45) is 0 Å². The van der Waals surface area contributed by atoms with Crippen LogP contribution in [0.2, 0.25) is 0 Å². The Hall–Kier alpha value is -3.53. The summed E-state index contributed by atoms with van der Waals surface area (Å²) in [6.07, 6.45) is -4.66. The molecule has 0 aromatic heterocycles. The minimum atomic E-state index is -4.66. The van der Waals surface area contributed by atoms with Crippen LogP contribution in [0.5, 0.6) is 5.75 Å². The molecule has 0 radical (unpaired) electrons. The highest BCUT2D eigenvalue weighted by atomic mass is 32.2. The highest BCUT2D eigenvalue weighted by Crippen LogP contribution is 2.35. The van der Waals surface area contributed by atoms with Gasteiger partial charge in [-0.2, -0.15) is 13.2 Å². The number of sulfonamides is 1. The second kappa shape index (κ2) is 9.76. The number of halogens is 3. The molecule has 0 atom stereocenters. The van der Waals surface area contributed by atoms with Crippen molar-refractivity contribution in [3.8, 4) is 5.75 Å². The minimum absolute atomic E-state index is 0.0573. The van der Waals surface area contributed by atoms with E-state index in [1.54, 1.807) is 31.2 Å². The number of anilines is 2. The van der Waals surface area contributed by atoms with Crippen molar-refractivity contribution < 1.29 is 31.1 Å². The summed E-state index contributed by atoms with van der Waals surface area (Å²) in [5.74, 6) is -0.263. The standard InChI is InChI=1S/C24H23F3N2O4S/c1-4-33-18-12-10-17(11-13-18)29(3)34(31,32)19-14-9-16(2)20(15-19)23(30)28-22-8-6-5-7-21(22)24(25,26)27/h5-15H,4H2,1-3H3,(H,28,30). The van der Waals surface area contributed by atoms with Crippen LogP contribution < -0.4 is 14.4 Å². The first-order chi connectivity index (χ1) is 15.9. The number of para-hydroxylation sites is 1. The summed E-state index contributed by atoms with van der Waals surface area (Å²) >= 11 is 0. The summed E-state index contributed by atoms with van der Waals surface area (Å²) < 4.78 is 72.6. The van der Waals surface area contributed by atoms with Crippen molar-refractivity contribution >= 4 is 27.3 Å². The van der Waals surface area contributed by atoms with E-state index in [-0.39, 0.29) is 10.5 Å². The number of nitrogens with zero attached hydrogens (tertiary/aromatic N) is 1. The van der Waals surface area contributed by atoms with Crippen molar-refractivity contribution in [3.05, 3.63) is 83.4 Å². The van der Waals surface area contributed by atoms with E-state index in [4.69, 9.17) is 4.74 Å². The number of hydrogen-bond donors (Lipinski definition) is 1. The predicted octanol–water partition coefficient (Wildman–Crippen LogP) is 5.49. The van der Waals surface area contributed by atoms with Crippen LogP contribution in [0.3, 0.4) is 0 Å². The SMILES string of the molecule is CCOc1ccc(N(C)S(=O)(=O)c2ccc(C)c(C(=O)Nc3ccccc3C(F)(F)F)c2)cc1. The van der Waals surface area contributed by atoms with E-state index in [1.807, 2.05) is 6.92 Å². The van der Waals surface area contributed by atoms with Crippen LogP contribution in [0, 0.1) is 6.92 Å². The van der Waals surface area contributed by atoms with Crippen molar-refractivity contribution in [3.63, 3.8) is 0 Å². The van der Waals surface area contributed by atoms with Crippen LogP contribution in [0.1, 0.15) is 28.4 Å². The lowest BCUT2D eigenvalue weighted by atomic mass is 10.1. The summed E-state index contributed by atoms with van der Waals surface area (Å²) in [6.45, 7) is 3.86. The van der Waals surface area contributed by atoms with Gasteiger partial charge in [0.15, 0.2) is 0 Å². The molecule has 180 valence electrons. The van der Waals surface area contributed by atoms with Crippen LogP contribution >= 0.6 is 0 Å². The molecule has 0 fully saturated rings. The van der Waals surface area contributed by atoms with Crippen LogP contribution in [-0.2, 0) is 16.2 Å². The number of amides is 1. The maximum atomic E-state index is 13.3. The van der Waals surface area contributed by atoms with Gasteiger partial charge in [-0.3, -0.25) is 9.10 Å². The number of hydrogen-bond acceptors (Lipinski definition) is 4. The summed E-state index contributed by atoms with van der Waals surface area (Å²) in [5, 5.41) is 2.25. The molecule has 0 unspecified atom stereocenters. The lowest BCUT2D eigenvalue weighted by Crippen LogP contribution is -2.27. The molecule has 0 bridgehead atoms. The quantitative estimate of drug-likeness (QED) is 0.473. The normalized spacial score (nSPS) is 11.7. The van der Waals surface area contributed by atoms with E-state index in [0.717, 1.165) is 22.5 Å². The Morgan fingerprint density at radius 2 is 1.68 bits per heavy atom. The van der Waals surface area contributed by atoms with Crippen LogP contribution in [-0.4, -0.2) is 28.0 Å². The van der Waals surface area contributed by atoms with Gasteiger partial charge in [0.2, 0.25) is 0 Å². The largest absolute Gasteiger partial charge is 0.494 e. The van der Waals surface area contributed by atoms with E-state index in [1.165, 1.54) is 31.3 Å². The number of ether oxygens (including phenoxy) is 1. The molecule has 0 heterocycles. The molecule has 1 amide bonds. The molecule has 0 saturated carbocycles. The van der Waals surface area contributed by atoms with Crippen molar-refractivity contribution in [2.75, 3.05) is 23.3 Å². The summed E-state index contributed by atoms with van der Waals surface area (Å²) in [5.41, 5.74) is -0.698. The number of nitrogens with one attached hydrogen (secondary N) is 1. The van der Waals surface area contributed by atoms with Gasteiger partial charge in [0.25, 0.3) is 15.9 Å². The molecule has 1 N–H and O–H groups in total. The molecule has 0 aliphatic rings. The second-order valence-electron chi connectivity index (χ2n) is 7.37. The molecule has 6 nitrogen and oxygen atoms in total. The lowest BCUT2D eigenvalue weighted by Gasteiger charge is -2.21. The van der Waals surface area contributed by atoms with Gasteiger partial charge in [-0.05, 0) is 67.9 Å². The van der Waals surface area contributed by atoms with Gasteiger partial charge in [0.05, 0.1) is 28.4 Å². The fourth-order valence-electron chi connectivity index (χ4n) is 3.25. The van der Waals surface area contributed by atoms with Gasteiger partial charge in [0, 0.05) is 12.6 Å². The van der Waals surface area contributed by atoms with Crippen LogP contribution in [0.25, 0.3) is 0 Å². The molecule has 0 aliphatic heterocycles. The highest BCUT2D eigenvalue weighted by Gasteiger charge is 2.34. The molecule has 0 saturated heterocycles. The first kappa shape index (κ1) is 25.1. The van der Waals surface area contributed by atoms with Crippen molar-refractivity contribution in [2.45, 2.75) is 24.9 Å². The van der Waals surface area contributed by atoms with Gasteiger partial charge in [0.1, 0.15) is 5.75 Å². The van der Waals surface area contributed by atoms with E-state index < -0.39 is 33.4 Å². The minimum Gasteiger partial charge on any atom is -0.494 e. The topological polar surface area (TPSA) is 75.7 Å². The van der Waals surface area contributed by atoms with Crippen molar-refractivity contribution in [1.29, 1.82) is 0 Å². The Balaban J connectivity index is 1.92. The Morgan fingerprint density at radius 1 is 1.03 bits per heavy atom. The number of rotatable bonds is 7. The summed E-state index contributed by atoms with van der Waals surface area (Å²) in [7, 11) is -2.70. The molecule has 3 rings (SSSR count). The smallest absolute Gasteiger partial charge is 0.418 e. The van der Waals surface area contributed by atoms with E-state index in [9.17, 15) is 26.4 Å². The average molecular weight is 493 g/mol. The van der Waals surface area contributed by atoms with Crippen LogP contribution in [0.15, 0.2) is 71.6 Å². The van der Waals surface area contributed by atoms with Crippen LogP contribution in [0.4, 0.5) is 24.5 Å². The zero-order chi connectivity index (χ0) is 25.1. The third-order valence-corrected chi connectivity index (χ3v) is 6.89. The third kappa shape index (κ3) is 5.33. The first-order valence-electron chi connectivity index (χ1n) is 10.2. The molecule has 10 heteroatoms. The molecule has 34 heavy (non-hydrogen) atoms. The van der Waals surface area contributed by atoms with E-state index >= 15 is 0 Å². The number of carbonyl (C=O) groups is 1. The molecule has 0 spiro atoms. The highest BCUT2D eigenvalue weighted by molar-refractivity contribution is 7.92. The summed E-state index contributed by atoms with van der Waals surface area (Å²) in [6, 6.07) is 14.9. The Morgan fingerprint density at radius 3 is 2.29 bits per heavy atom. The van der Waals surface area contributed by atoms with Crippen molar-refractivity contribution in [1.82, 2.24) is 0 Å². The Labute approximate surface area is 196 Å². The molecular formula is C24H23F3N2O4S. The zero-order valence-electron chi connectivity index (χ0n) is 18.7. The monoisotopic (exact) mass is 492 g/mol. The fraction of sp³-hybridized carbons (Fsp3) is 0.208. The van der Waals surface area contributed by atoms with Gasteiger partial charge >= 0.3 is 6.18 Å². The fourth-order valence-corrected chi connectivity index (χ4v) is 4.47. The average Bonchev–Trinajstić information content (AvgIpc) is 2.79. The number of aryl methyl sites for hydroxylation is 1. The molecule has 3 aromatic carbocycles. The van der Waals surface area contributed by atoms with E-state index in [2.05, 4.69) is 5.32 Å². The zero-order valence-corrected chi connectivity index (χ0v) is 19.5. The first-order valence-corrected chi connectivity index (χ1v) is 11.7. The molecular weight excluding hydrogens is 469 g/mol. The van der Waals surface area contributed by atoms with Gasteiger partial charge in [-0.15, -0.1) is 0 Å². The van der Waals surface area contributed by atoms with Gasteiger partial charge < -0.3 is 10.1 Å². The maximum Gasteiger partial charge on any atom is 0.418 e. The Bertz CT molecular complexity index is 1290. The summed E-state index contributed by atoms with van der Waals surface area (Å²) in [4.78, 5) is 12.7. The second-order valence-corrected chi connectivity index (χ2v) is 9.34. The molecule has 3 aromatic rings. The van der Waals surface area contributed by atoms with Gasteiger partial charge in [-0.1, -0.05) is 18.2 Å². The van der Waals surface area contributed by atoms with E-state index in [0.29, 0.717) is 23.6 Å². The number of carbonyl (C=O) groups excluding carboxylic acids is 1. The molecule has 0 aliphatic carbocycles. The Kier molecular flexibility index (Phi) is 7.21. The third-order valence-electron chi connectivity index (χ3n) is 5.10. The number of alkyl halides is 3. The lowest BCUT2D eigenvalue weighted by molar-refractivity contribution is -0.136.